The third-order valence-electron chi connectivity index (χ3n) is 5.30. The van der Waals surface area contributed by atoms with Gasteiger partial charge in [0.2, 0.25) is 0 Å². The number of carbonyl (C=O) groups excluding carboxylic acids is 1. The van der Waals surface area contributed by atoms with Gasteiger partial charge in [0, 0.05) is 6.54 Å². The van der Waals surface area contributed by atoms with Gasteiger partial charge in [0.05, 0.1) is 6.61 Å². The molecule has 0 atom stereocenters. The van der Waals surface area contributed by atoms with Gasteiger partial charge in [-0.05, 0) is 67.9 Å². The minimum absolute atomic E-state index is 0.199. The molecule has 0 spiro atoms. The fourth-order valence-corrected chi connectivity index (χ4v) is 3.58. The molecule has 28 heavy (non-hydrogen) atoms. The lowest BCUT2D eigenvalue weighted by atomic mass is 9.93. The molecule has 0 unspecified atom stereocenters. The van der Waals surface area contributed by atoms with E-state index in [0.29, 0.717) is 19.1 Å². The molecule has 0 saturated carbocycles. The Labute approximate surface area is 173 Å². The van der Waals surface area contributed by atoms with Gasteiger partial charge in [0.15, 0.2) is 8.32 Å². The lowest BCUT2D eigenvalue weighted by molar-refractivity contribution is 0.0528. The second-order valence-electron chi connectivity index (χ2n) is 10.4. The van der Waals surface area contributed by atoms with E-state index in [2.05, 4.69) is 71.2 Å². The Bertz CT molecular complexity index is 655. The maximum Gasteiger partial charge on any atom is 0.407 e. The summed E-state index contributed by atoms with van der Waals surface area (Å²) in [4.78, 5) is 11.9. The van der Waals surface area contributed by atoms with Gasteiger partial charge >= 0.3 is 6.09 Å². The van der Waals surface area contributed by atoms with Crippen LogP contribution in [-0.4, -0.2) is 26.6 Å². The molecule has 1 aromatic carbocycles. The van der Waals surface area contributed by atoms with Gasteiger partial charge in [-0.2, -0.15) is 0 Å². The first-order chi connectivity index (χ1) is 12.6. The van der Waals surface area contributed by atoms with Crippen LogP contribution in [-0.2, 0) is 22.2 Å². The number of hydrogen-bond acceptors (Lipinski definition) is 3. The maximum absolute atomic E-state index is 11.9. The quantitative estimate of drug-likeness (QED) is 0.532. The van der Waals surface area contributed by atoms with Crippen LogP contribution in [0.2, 0.25) is 18.1 Å². The van der Waals surface area contributed by atoms with Crippen LogP contribution in [0.5, 0.6) is 0 Å². The molecule has 0 saturated heterocycles. The molecule has 0 fully saturated rings. The van der Waals surface area contributed by atoms with Gasteiger partial charge in [0.1, 0.15) is 5.60 Å². The average molecular weight is 408 g/mol. The smallest absolute Gasteiger partial charge is 0.407 e. The summed E-state index contributed by atoms with van der Waals surface area (Å²) in [5, 5.41) is 3.06. The minimum Gasteiger partial charge on any atom is -0.444 e. The third kappa shape index (κ3) is 7.96. The Hall–Kier alpha value is -1.33. The first kappa shape index (κ1) is 24.7. The second-order valence-corrected chi connectivity index (χ2v) is 15.2. The van der Waals surface area contributed by atoms with Crippen LogP contribution in [0, 0.1) is 0 Å². The van der Waals surface area contributed by atoms with E-state index in [9.17, 15) is 4.79 Å². The molecule has 0 aromatic heterocycles. The predicted octanol–water partition coefficient (Wildman–Crippen LogP) is 6.40. The van der Waals surface area contributed by atoms with Gasteiger partial charge < -0.3 is 14.5 Å². The molecule has 160 valence electrons. The molecular formula is C23H41NO3Si. The monoisotopic (exact) mass is 407 g/mol. The molecule has 0 heterocycles. The topological polar surface area (TPSA) is 47.6 Å². The number of alkyl carbamates (subject to hydrolysis) is 1. The fourth-order valence-electron chi connectivity index (χ4n) is 2.62. The van der Waals surface area contributed by atoms with Crippen molar-refractivity contribution in [2.75, 3.05) is 6.54 Å². The van der Waals surface area contributed by atoms with Gasteiger partial charge in [-0.1, -0.05) is 52.8 Å². The lowest BCUT2D eigenvalue weighted by Crippen LogP contribution is -2.40. The summed E-state index contributed by atoms with van der Waals surface area (Å²) in [6, 6.07) is 6.62. The molecule has 1 N–H and O–H groups in total. The summed E-state index contributed by atoms with van der Waals surface area (Å²) in [6.45, 7) is 22.5. The molecule has 0 aliphatic heterocycles. The molecule has 0 aliphatic carbocycles. The predicted molar refractivity (Wildman–Crippen MR) is 120 cm³/mol. The fraction of sp³-hybridized carbons (Fsp3) is 0.696. The van der Waals surface area contributed by atoms with Crippen LogP contribution in [0.4, 0.5) is 4.79 Å². The van der Waals surface area contributed by atoms with Gasteiger partial charge in [-0.25, -0.2) is 4.79 Å². The Kier molecular flexibility index (Phi) is 8.33. The zero-order chi connectivity index (χ0) is 21.8. The molecular weight excluding hydrogens is 366 g/mol. The standard InChI is InChI=1S/C23H41NO3Si/c1-17(2)20-12-11-18(16-26-28(9,10)23(6,7)8)15-19(20)13-14-24-21(25)27-22(3,4)5/h11-12,15,17H,13-14,16H2,1-10H3,(H,24,25). The number of benzene rings is 1. The molecule has 1 aromatic rings. The number of carbonyl (C=O) groups is 1. The molecule has 1 amide bonds. The van der Waals surface area contributed by atoms with Crippen molar-refractivity contribution in [1.82, 2.24) is 5.32 Å². The van der Waals surface area contributed by atoms with Gasteiger partial charge in [-0.15, -0.1) is 0 Å². The summed E-state index contributed by atoms with van der Waals surface area (Å²) < 4.78 is 11.7. The highest BCUT2D eigenvalue weighted by Gasteiger charge is 2.37. The number of nitrogens with one attached hydrogen (secondary N) is 1. The van der Waals surface area contributed by atoms with E-state index in [4.69, 9.17) is 9.16 Å². The van der Waals surface area contributed by atoms with Gasteiger partial charge in [-0.3, -0.25) is 0 Å². The van der Waals surface area contributed by atoms with E-state index >= 15 is 0 Å². The van der Waals surface area contributed by atoms with E-state index in [0.717, 1.165) is 6.42 Å². The average Bonchev–Trinajstić information content (AvgIpc) is 2.50. The van der Waals surface area contributed by atoms with Crippen molar-refractivity contribution in [3.8, 4) is 0 Å². The third-order valence-corrected chi connectivity index (χ3v) is 9.78. The molecule has 4 nitrogen and oxygen atoms in total. The minimum atomic E-state index is -1.78. The van der Waals surface area contributed by atoms with Crippen molar-refractivity contribution in [2.24, 2.45) is 0 Å². The summed E-state index contributed by atoms with van der Waals surface area (Å²) in [7, 11) is -1.78. The summed E-state index contributed by atoms with van der Waals surface area (Å²) >= 11 is 0. The molecule has 0 bridgehead atoms. The summed E-state index contributed by atoms with van der Waals surface area (Å²) in [6.07, 6.45) is 0.414. The van der Waals surface area contributed by atoms with Crippen molar-refractivity contribution < 1.29 is 14.0 Å². The van der Waals surface area contributed by atoms with Crippen molar-refractivity contribution >= 4 is 14.4 Å². The van der Waals surface area contributed by atoms with E-state index < -0.39 is 13.9 Å². The summed E-state index contributed by atoms with van der Waals surface area (Å²) in [5.41, 5.74) is 3.31. The highest BCUT2D eigenvalue weighted by Crippen LogP contribution is 2.37. The first-order valence-electron chi connectivity index (χ1n) is 10.3. The molecule has 0 radical (unpaired) electrons. The highest BCUT2D eigenvalue weighted by atomic mass is 28.4. The van der Waals surface area contributed by atoms with E-state index in [1.165, 1.54) is 16.7 Å². The normalized spacial score (nSPS) is 13.0. The SMILES string of the molecule is CC(C)c1ccc(CO[Si](C)(C)C(C)(C)C)cc1CCNC(=O)OC(C)(C)C. The number of ether oxygens (including phenoxy) is 1. The number of rotatable bonds is 7. The Morgan fingerprint density at radius 1 is 1.11 bits per heavy atom. The van der Waals surface area contributed by atoms with Crippen molar-refractivity contribution in [3.05, 3.63) is 34.9 Å². The van der Waals surface area contributed by atoms with E-state index in [1.807, 2.05) is 20.8 Å². The Morgan fingerprint density at radius 3 is 2.21 bits per heavy atom. The van der Waals surface area contributed by atoms with Crippen molar-refractivity contribution in [3.63, 3.8) is 0 Å². The van der Waals surface area contributed by atoms with Crippen molar-refractivity contribution in [2.45, 2.75) is 98.1 Å². The van der Waals surface area contributed by atoms with Gasteiger partial charge in [0.25, 0.3) is 0 Å². The van der Waals surface area contributed by atoms with Crippen LogP contribution in [0.15, 0.2) is 18.2 Å². The zero-order valence-corrected chi connectivity index (χ0v) is 20.7. The van der Waals surface area contributed by atoms with Crippen molar-refractivity contribution in [1.29, 1.82) is 0 Å². The largest absolute Gasteiger partial charge is 0.444 e. The number of amides is 1. The lowest BCUT2D eigenvalue weighted by Gasteiger charge is -2.36. The zero-order valence-electron chi connectivity index (χ0n) is 19.7. The maximum atomic E-state index is 11.9. The van der Waals surface area contributed by atoms with Crippen LogP contribution < -0.4 is 5.32 Å². The van der Waals surface area contributed by atoms with Crippen LogP contribution in [0.25, 0.3) is 0 Å². The molecule has 1 rings (SSSR count). The van der Waals surface area contributed by atoms with E-state index in [-0.39, 0.29) is 11.1 Å². The molecule has 5 heteroatoms. The highest BCUT2D eigenvalue weighted by molar-refractivity contribution is 6.74. The Morgan fingerprint density at radius 2 is 1.71 bits per heavy atom. The first-order valence-corrected chi connectivity index (χ1v) is 13.3. The van der Waals surface area contributed by atoms with Crippen LogP contribution >= 0.6 is 0 Å². The second kappa shape index (κ2) is 9.44. The van der Waals surface area contributed by atoms with E-state index in [1.54, 1.807) is 0 Å². The number of hydrogen-bond donors (Lipinski definition) is 1. The Balaban J connectivity index is 2.81. The summed E-state index contributed by atoms with van der Waals surface area (Å²) in [5.74, 6) is 0.437. The van der Waals surface area contributed by atoms with Crippen LogP contribution in [0.3, 0.4) is 0 Å². The molecule has 0 aliphatic rings. The van der Waals surface area contributed by atoms with Crippen LogP contribution in [0.1, 0.15) is 78.0 Å².